The lowest BCUT2D eigenvalue weighted by molar-refractivity contribution is 0.302. The fourth-order valence-corrected chi connectivity index (χ4v) is 2.32. The van der Waals surface area contributed by atoms with Crippen LogP contribution in [0.4, 0.5) is 0 Å². The van der Waals surface area contributed by atoms with Crippen LogP contribution in [0.2, 0.25) is 0 Å². The molecule has 0 amide bonds. The van der Waals surface area contributed by atoms with E-state index >= 15 is 0 Å². The Hall–Kier alpha value is -1.91. The van der Waals surface area contributed by atoms with Crippen LogP contribution in [0.3, 0.4) is 0 Å². The predicted molar refractivity (Wildman–Crippen MR) is 78.2 cm³/mol. The van der Waals surface area contributed by atoms with E-state index in [2.05, 4.69) is 22.5 Å². The Bertz CT molecular complexity index is 596. The first-order valence-electron chi connectivity index (χ1n) is 6.91. The lowest BCUT2D eigenvalue weighted by Gasteiger charge is -2.19. The van der Waals surface area contributed by atoms with E-state index in [0.717, 1.165) is 35.3 Å². The molecule has 1 atom stereocenters. The number of nitrogens with zero attached hydrogens (tertiary/aromatic N) is 1. The minimum atomic E-state index is -0.0549. The summed E-state index contributed by atoms with van der Waals surface area (Å²) in [6.07, 6.45) is 6.36. The Balaban J connectivity index is 1.90. The second-order valence-electron chi connectivity index (χ2n) is 5.22. The van der Waals surface area contributed by atoms with E-state index in [9.17, 15) is 0 Å². The molecule has 1 saturated carbocycles. The molecule has 3 N–H and O–H groups in total. The molecule has 3 rings (SSSR count). The standard InChI is InChI=1S/C16H19N3O/c1-11-10-18-8-7-15(11)16(19-17)12-3-2-4-14(9-12)20-13-5-6-13/h2-4,7-10,13,16,19H,5-6,17H2,1H3. The number of hydrogen-bond donors (Lipinski definition) is 2. The summed E-state index contributed by atoms with van der Waals surface area (Å²) in [6, 6.07) is 10.1. The van der Waals surface area contributed by atoms with Crippen molar-refractivity contribution in [2.75, 3.05) is 0 Å². The fourth-order valence-electron chi connectivity index (χ4n) is 2.32. The molecule has 1 fully saturated rings. The van der Waals surface area contributed by atoms with Gasteiger partial charge in [-0.05, 0) is 54.7 Å². The Labute approximate surface area is 119 Å². The second-order valence-corrected chi connectivity index (χ2v) is 5.22. The quantitative estimate of drug-likeness (QED) is 0.646. The van der Waals surface area contributed by atoms with E-state index in [1.165, 1.54) is 0 Å². The van der Waals surface area contributed by atoms with Gasteiger partial charge >= 0.3 is 0 Å². The minimum Gasteiger partial charge on any atom is -0.490 e. The highest BCUT2D eigenvalue weighted by Crippen LogP contribution is 2.30. The summed E-state index contributed by atoms with van der Waals surface area (Å²) in [5.74, 6) is 6.67. The highest BCUT2D eigenvalue weighted by Gasteiger charge is 2.24. The van der Waals surface area contributed by atoms with Gasteiger partial charge in [0.05, 0.1) is 12.1 Å². The number of hydrazine groups is 1. The number of nitrogens with two attached hydrogens (primary N) is 1. The van der Waals surface area contributed by atoms with E-state index in [1.54, 1.807) is 6.20 Å². The van der Waals surface area contributed by atoms with E-state index in [0.29, 0.717) is 6.10 Å². The van der Waals surface area contributed by atoms with E-state index in [4.69, 9.17) is 10.6 Å². The minimum absolute atomic E-state index is 0.0549. The summed E-state index contributed by atoms with van der Waals surface area (Å²) in [5, 5.41) is 0. The summed E-state index contributed by atoms with van der Waals surface area (Å²) < 4.78 is 5.85. The van der Waals surface area contributed by atoms with Crippen LogP contribution in [0, 0.1) is 6.92 Å². The number of nitrogens with one attached hydrogen (secondary N) is 1. The molecule has 1 heterocycles. The van der Waals surface area contributed by atoms with Crippen molar-refractivity contribution in [3.05, 3.63) is 59.4 Å². The number of benzene rings is 1. The average molecular weight is 269 g/mol. The Morgan fingerprint density at radius 1 is 1.35 bits per heavy atom. The van der Waals surface area contributed by atoms with Crippen molar-refractivity contribution < 1.29 is 4.74 Å². The first-order valence-corrected chi connectivity index (χ1v) is 6.91. The lowest BCUT2D eigenvalue weighted by atomic mass is 9.97. The van der Waals surface area contributed by atoms with Crippen molar-refractivity contribution in [1.29, 1.82) is 0 Å². The molecule has 1 aromatic carbocycles. The summed E-state index contributed by atoms with van der Waals surface area (Å²) in [7, 11) is 0. The number of aryl methyl sites for hydroxylation is 1. The zero-order valence-electron chi connectivity index (χ0n) is 11.5. The molecule has 2 aromatic rings. The van der Waals surface area contributed by atoms with Gasteiger partial charge in [-0.1, -0.05) is 12.1 Å². The van der Waals surface area contributed by atoms with Crippen LogP contribution in [0.25, 0.3) is 0 Å². The molecule has 4 nitrogen and oxygen atoms in total. The molecule has 1 aromatic heterocycles. The molecule has 0 radical (unpaired) electrons. The van der Waals surface area contributed by atoms with Gasteiger partial charge in [0.1, 0.15) is 5.75 Å². The molecule has 0 bridgehead atoms. The maximum absolute atomic E-state index is 5.85. The molecule has 1 aliphatic carbocycles. The van der Waals surface area contributed by atoms with Gasteiger partial charge in [-0.15, -0.1) is 0 Å². The van der Waals surface area contributed by atoms with Gasteiger partial charge in [-0.2, -0.15) is 0 Å². The third-order valence-electron chi connectivity index (χ3n) is 3.56. The van der Waals surface area contributed by atoms with Crippen LogP contribution >= 0.6 is 0 Å². The molecule has 1 unspecified atom stereocenters. The number of ether oxygens (including phenoxy) is 1. The van der Waals surface area contributed by atoms with Gasteiger partial charge in [0.25, 0.3) is 0 Å². The maximum atomic E-state index is 5.85. The molecular formula is C16H19N3O. The summed E-state index contributed by atoms with van der Waals surface area (Å²) in [5.41, 5.74) is 6.23. The zero-order valence-corrected chi connectivity index (χ0v) is 11.5. The first kappa shape index (κ1) is 13.1. The summed E-state index contributed by atoms with van der Waals surface area (Å²) in [6.45, 7) is 2.04. The number of rotatable bonds is 5. The maximum Gasteiger partial charge on any atom is 0.120 e. The van der Waals surface area contributed by atoms with Crippen LogP contribution in [0.5, 0.6) is 5.75 Å². The predicted octanol–water partition coefficient (Wildman–Crippen LogP) is 2.48. The molecular weight excluding hydrogens is 250 g/mol. The molecule has 0 aliphatic heterocycles. The van der Waals surface area contributed by atoms with E-state index in [-0.39, 0.29) is 6.04 Å². The SMILES string of the molecule is Cc1cnccc1C(NN)c1cccc(OC2CC2)c1. The van der Waals surface area contributed by atoms with Gasteiger partial charge in [0.2, 0.25) is 0 Å². The summed E-state index contributed by atoms with van der Waals surface area (Å²) >= 11 is 0. The van der Waals surface area contributed by atoms with E-state index < -0.39 is 0 Å². The van der Waals surface area contributed by atoms with Gasteiger partial charge in [-0.3, -0.25) is 10.8 Å². The largest absolute Gasteiger partial charge is 0.490 e. The zero-order chi connectivity index (χ0) is 13.9. The fraction of sp³-hybridized carbons (Fsp3) is 0.312. The normalized spacial score (nSPS) is 15.9. The molecule has 104 valence electrons. The molecule has 4 heteroatoms. The van der Waals surface area contributed by atoms with Crippen LogP contribution < -0.4 is 16.0 Å². The highest BCUT2D eigenvalue weighted by atomic mass is 16.5. The van der Waals surface area contributed by atoms with E-state index in [1.807, 2.05) is 31.3 Å². The van der Waals surface area contributed by atoms with Crippen molar-refractivity contribution in [2.24, 2.45) is 5.84 Å². The van der Waals surface area contributed by atoms with Gasteiger partial charge in [0.15, 0.2) is 0 Å². The van der Waals surface area contributed by atoms with Crippen molar-refractivity contribution in [3.63, 3.8) is 0 Å². The Morgan fingerprint density at radius 2 is 2.20 bits per heavy atom. The summed E-state index contributed by atoms with van der Waals surface area (Å²) in [4.78, 5) is 4.13. The monoisotopic (exact) mass is 269 g/mol. The van der Waals surface area contributed by atoms with Crippen LogP contribution in [-0.2, 0) is 0 Å². The third-order valence-corrected chi connectivity index (χ3v) is 3.56. The Kier molecular flexibility index (Phi) is 3.67. The Morgan fingerprint density at radius 3 is 2.90 bits per heavy atom. The van der Waals surface area contributed by atoms with Crippen molar-refractivity contribution >= 4 is 0 Å². The van der Waals surface area contributed by atoms with Crippen molar-refractivity contribution in [2.45, 2.75) is 31.9 Å². The molecule has 0 spiro atoms. The topological polar surface area (TPSA) is 60.2 Å². The van der Waals surface area contributed by atoms with Crippen LogP contribution in [0.1, 0.15) is 35.6 Å². The van der Waals surface area contributed by atoms with Gasteiger partial charge in [0, 0.05) is 12.4 Å². The van der Waals surface area contributed by atoms with Crippen LogP contribution in [-0.4, -0.2) is 11.1 Å². The van der Waals surface area contributed by atoms with Crippen LogP contribution in [0.15, 0.2) is 42.7 Å². The second kappa shape index (κ2) is 5.61. The number of hydrogen-bond acceptors (Lipinski definition) is 4. The first-order chi connectivity index (χ1) is 9.78. The lowest BCUT2D eigenvalue weighted by Crippen LogP contribution is -2.29. The molecule has 0 saturated heterocycles. The smallest absolute Gasteiger partial charge is 0.120 e. The molecule has 20 heavy (non-hydrogen) atoms. The van der Waals surface area contributed by atoms with Gasteiger partial charge in [-0.25, -0.2) is 5.43 Å². The van der Waals surface area contributed by atoms with Crippen molar-refractivity contribution in [1.82, 2.24) is 10.4 Å². The number of pyridine rings is 1. The third kappa shape index (κ3) is 2.81. The number of aromatic nitrogens is 1. The van der Waals surface area contributed by atoms with Gasteiger partial charge < -0.3 is 4.74 Å². The average Bonchev–Trinajstić information content (AvgIpc) is 3.26. The van der Waals surface area contributed by atoms with Crippen molar-refractivity contribution in [3.8, 4) is 5.75 Å². The highest BCUT2D eigenvalue weighted by molar-refractivity contribution is 5.38. The molecule has 1 aliphatic rings.